The fourth-order valence-corrected chi connectivity index (χ4v) is 5.69. The number of halogens is 3. The molecular weight excluding hydrogens is 567 g/mol. The van der Waals surface area contributed by atoms with Gasteiger partial charge in [0, 0.05) is 52.0 Å². The predicted molar refractivity (Wildman–Crippen MR) is 153 cm³/mol. The highest BCUT2D eigenvalue weighted by molar-refractivity contribution is 7.89. The van der Waals surface area contributed by atoms with Crippen LogP contribution in [0.3, 0.4) is 0 Å². The molecule has 0 fully saturated rings. The summed E-state index contributed by atoms with van der Waals surface area (Å²) >= 11 is 18.3. The van der Waals surface area contributed by atoms with Crippen molar-refractivity contribution in [2.75, 3.05) is 25.0 Å². The number of carbonyl (C=O) groups is 1. The van der Waals surface area contributed by atoms with Crippen LogP contribution in [0.1, 0.15) is 12.0 Å². The van der Waals surface area contributed by atoms with E-state index >= 15 is 0 Å². The molecule has 4 aromatic rings. The minimum Gasteiger partial charge on any atom is -0.384 e. The predicted octanol–water partition coefficient (Wildman–Crippen LogP) is 6.00. The number of anilines is 1. The molecule has 11 heteroatoms. The van der Waals surface area contributed by atoms with E-state index in [1.807, 2.05) is 18.2 Å². The first-order valence-corrected chi connectivity index (χ1v) is 14.4. The lowest BCUT2D eigenvalue weighted by Crippen LogP contribution is -2.40. The van der Waals surface area contributed by atoms with Gasteiger partial charge in [-0.25, -0.2) is 8.42 Å². The van der Waals surface area contributed by atoms with E-state index in [-0.39, 0.29) is 18.0 Å². The number of nitrogens with one attached hydrogen (secondary N) is 2. The molecule has 0 aliphatic heterocycles. The maximum Gasteiger partial charge on any atom is 0.243 e. The van der Waals surface area contributed by atoms with Crippen molar-refractivity contribution in [3.8, 4) is 0 Å². The molecule has 4 rings (SSSR count). The monoisotopic (exact) mass is 590 g/mol. The maximum absolute atomic E-state index is 13.4. The molecule has 1 aromatic heterocycles. The van der Waals surface area contributed by atoms with Crippen LogP contribution in [-0.4, -0.2) is 43.2 Å². The molecule has 1 amide bonds. The lowest BCUT2D eigenvalue weighted by Gasteiger charge is -2.22. The lowest BCUT2D eigenvalue weighted by molar-refractivity contribution is -0.121. The molecule has 7 nitrogen and oxygen atoms in total. The number of fused-ring (bicyclic) bond motifs is 1. The minimum absolute atomic E-state index is 0.0387. The van der Waals surface area contributed by atoms with Gasteiger partial charge in [0.1, 0.15) is 0 Å². The normalized spacial score (nSPS) is 11.6. The molecule has 3 aromatic carbocycles. The summed E-state index contributed by atoms with van der Waals surface area (Å²) in [4.78, 5) is 17.2. The Hall–Kier alpha value is -2.88. The van der Waals surface area contributed by atoms with Crippen LogP contribution in [0.4, 0.5) is 5.69 Å². The molecule has 0 radical (unpaired) electrons. The Balaban J connectivity index is 1.37. The zero-order valence-corrected chi connectivity index (χ0v) is 23.3. The van der Waals surface area contributed by atoms with Crippen LogP contribution in [0, 0.1) is 0 Å². The van der Waals surface area contributed by atoms with Crippen molar-refractivity contribution in [2.45, 2.75) is 17.9 Å². The Morgan fingerprint density at radius 2 is 1.63 bits per heavy atom. The van der Waals surface area contributed by atoms with Crippen molar-refractivity contribution in [1.29, 1.82) is 0 Å². The fourth-order valence-electron chi connectivity index (χ4n) is 3.83. The van der Waals surface area contributed by atoms with Crippen LogP contribution >= 0.6 is 34.8 Å². The van der Waals surface area contributed by atoms with Gasteiger partial charge in [0.05, 0.1) is 17.0 Å². The molecule has 0 aliphatic rings. The number of pyridine rings is 1. The molecule has 0 saturated carbocycles. The van der Waals surface area contributed by atoms with Crippen LogP contribution in [-0.2, 0) is 21.4 Å². The largest absolute Gasteiger partial charge is 0.384 e. The van der Waals surface area contributed by atoms with Gasteiger partial charge in [0.15, 0.2) is 0 Å². The standard InChI is InChI=1S/C27H25Cl3N4O3S/c28-20-6-9-22(10-7-20)38(36,37)34(17-19-4-1-2-5-24(19)30)18-27(35)33-14-3-13-31-25-12-15-32-26-16-21(29)8-11-23(25)26/h1-2,4-12,15-16H,3,13-14,17-18H2,(H,31,32)(H,33,35). The summed E-state index contributed by atoms with van der Waals surface area (Å²) in [7, 11) is -4.00. The first-order valence-electron chi connectivity index (χ1n) is 11.8. The second kappa shape index (κ2) is 12.8. The number of nitrogens with zero attached hydrogens (tertiary/aromatic N) is 2. The quantitative estimate of drug-likeness (QED) is 0.209. The van der Waals surface area contributed by atoms with Gasteiger partial charge in [-0.05, 0) is 66.6 Å². The summed E-state index contributed by atoms with van der Waals surface area (Å²) in [6, 6.07) is 20.1. The maximum atomic E-state index is 13.4. The fraction of sp³-hybridized carbons (Fsp3) is 0.185. The average Bonchev–Trinajstić information content (AvgIpc) is 2.89. The molecule has 0 saturated heterocycles. The van der Waals surface area contributed by atoms with Gasteiger partial charge in [0.25, 0.3) is 0 Å². The number of rotatable bonds is 11. The van der Waals surface area contributed by atoms with Crippen molar-refractivity contribution in [1.82, 2.24) is 14.6 Å². The number of hydrogen-bond donors (Lipinski definition) is 2. The molecule has 38 heavy (non-hydrogen) atoms. The summed E-state index contributed by atoms with van der Waals surface area (Å²) in [6.45, 7) is 0.536. The van der Waals surface area contributed by atoms with Crippen LogP contribution in [0.2, 0.25) is 15.1 Å². The van der Waals surface area contributed by atoms with E-state index in [1.54, 1.807) is 36.5 Å². The van der Waals surface area contributed by atoms with E-state index in [0.29, 0.717) is 40.1 Å². The average molecular weight is 592 g/mol. The second-order valence-corrected chi connectivity index (χ2v) is 11.7. The third kappa shape index (κ3) is 7.15. The van der Waals surface area contributed by atoms with Crippen molar-refractivity contribution in [3.05, 3.63) is 99.6 Å². The Morgan fingerprint density at radius 1 is 0.895 bits per heavy atom. The van der Waals surface area contributed by atoms with Gasteiger partial charge in [-0.15, -0.1) is 0 Å². The SMILES string of the molecule is O=C(CN(Cc1ccccc1Cl)S(=O)(=O)c1ccc(Cl)cc1)NCCCNc1ccnc2cc(Cl)ccc12. The van der Waals surface area contributed by atoms with Crippen molar-refractivity contribution in [2.24, 2.45) is 0 Å². The molecule has 0 spiro atoms. The highest BCUT2D eigenvalue weighted by Gasteiger charge is 2.27. The Morgan fingerprint density at radius 3 is 2.39 bits per heavy atom. The smallest absolute Gasteiger partial charge is 0.243 e. The number of carbonyl (C=O) groups excluding carboxylic acids is 1. The number of hydrogen-bond acceptors (Lipinski definition) is 5. The highest BCUT2D eigenvalue weighted by Crippen LogP contribution is 2.25. The molecule has 0 bridgehead atoms. The molecule has 198 valence electrons. The zero-order chi connectivity index (χ0) is 27.1. The summed E-state index contributed by atoms with van der Waals surface area (Å²) in [5, 5.41) is 8.55. The summed E-state index contributed by atoms with van der Waals surface area (Å²) in [6.07, 6.45) is 2.33. The van der Waals surface area contributed by atoms with Gasteiger partial charge in [-0.3, -0.25) is 9.78 Å². The number of benzene rings is 3. The summed E-state index contributed by atoms with van der Waals surface area (Å²) < 4.78 is 27.9. The zero-order valence-electron chi connectivity index (χ0n) is 20.2. The summed E-state index contributed by atoms with van der Waals surface area (Å²) in [5.74, 6) is -0.418. The Bertz CT molecular complexity index is 1530. The lowest BCUT2D eigenvalue weighted by atomic mass is 10.2. The minimum atomic E-state index is -4.00. The van der Waals surface area contributed by atoms with Gasteiger partial charge >= 0.3 is 0 Å². The van der Waals surface area contributed by atoms with Crippen LogP contribution in [0.25, 0.3) is 10.9 Å². The highest BCUT2D eigenvalue weighted by atomic mass is 35.5. The second-order valence-electron chi connectivity index (χ2n) is 8.47. The number of sulfonamides is 1. The Labute approximate surface area is 236 Å². The topological polar surface area (TPSA) is 91.4 Å². The molecular formula is C27H25Cl3N4O3S. The van der Waals surface area contributed by atoms with Crippen molar-refractivity contribution >= 4 is 67.3 Å². The number of amides is 1. The van der Waals surface area contributed by atoms with Gasteiger partial charge in [0.2, 0.25) is 15.9 Å². The van der Waals surface area contributed by atoms with Crippen molar-refractivity contribution < 1.29 is 13.2 Å². The van der Waals surface area contributed by atoms with E-state index in [1.165, 1.54) is 24.3 Å². The molecule has 1 heterocycles. The first kappa shape index (κ1) is 28.1. The molecule has 0 atom stereocenters. The van der Waals surface area contributed by atoms with Crippen LogP contribution in [0.15, 0.2) is 83.9 Å². The van der Waals surface area contributed by atoms with Gasteiger partial charge in [-0.2, -0.15) is 4.31 Å². The molecule has 2 N–H and O–H groups in total. The first-order chi connectivity index (χ1) is 18.2. The van der Waals surface area contributed by atoms with E-state index in [2.05, 4.69) is 15.6 Å². The number of aromatic nitrogens is 1. The van der Waals surface area contributed by atoms with E-state index in [9.17, 15) is 13.2 Å². The van der Waals surface area contributed by atoms with E-state index in [0.717, 1.165) is 20.9 Å². The Kier molecular flexibility index (Phi) is 9.46. The summed E-state index contributed by atoms with van der Waals surface area (Å²) in [5.41, 5.74) is 2.30. The van der Waals surface area contributed by atoms with Crippen molar-refractivity contribution in [3.63, 3.8) is 0 Å². The van der Waals surface area contributed by atoms with Gasteiger partial charge in [-0.1, -0.05) is 53.0 Å². The van der Waals surface area contributed by atoms with E-state index in [4.69, 9.17) is 34.8 Å². The van der Waals surface area contributed by atoms with E-state index < -0.39 is 15.9 Å². The van der Waals surface area contributed by atoms with Gasteiger partial charge < -0.3 is 10.6 Å². The third-order valence-electron chi connectivity index (χ3n) is 5.77. The van der Waals surface area contributed by atoms with Crippen LogP contribution < -0.4 is 10.6 Å². The molecule has 0 unspecified atom stereocenters. The van der Waals surface area contributed by atoms with Crippen LogP contribution in [0.5, 0.6) is 0 Å². The third-order valence-corrected chi connectivity index (χ3v) is 8.43. The molecule has 0 aliphatic carbocycles.